The molecule has 29 heavy (non-hydrogen) atoms. The van der Waals surface area contributed by atoms with E-state index in [0.717, 1.165) is 18.2 Å². The summed E-state index contributed by atoms with van der Waals surface area (Å²) in [5, 5.41) is 7.98. The number of rotatable bonds is 7. The highest BCUT2D eigenvalue weighted by Gasteiger charge is 2.21. The van der Waals surface area contributed by atoms with Crippen LogP contribution >= 0.6 is 0 Å². The number of guanidine groups is 1. The van der Waals surface area contributed by atoms with Crippen LogP contribution in [0.4, 0.5) is 4.79 Å². The lowest BCUT2D eigenvalue weighted by Crippen LogP contribution is -2.43. The highest BCUT2D eigenvalue weighted by atomic mass is 16.6. The molecular formula is C21H40N6O2. The van der Waals surface area contributed by atoms with Crippen molar-refractivity contribution in [3.05, 3.63) is 17.5 Å². The van der Waals surface area contributed by atoms with Gasteiger partial charge >= 0.3 is 6.09 Å². The zero-order valence-corrected chi connectivity index (χ0v) is 19.9. The molecule has 0 aliphatic rings. The van der Waals surface area contributed by atoms with Gasteiger partial charge in [-0.2, -0.15) is 5.10 Å². The number of hydrogen-bond donors (Lipinski definition) is 1. The van der Waals surface area contributed by atoms with Crippen LogP contribution in [0.2, 0.25) is 0 Å². The van der Waals surface area contributed by atoms with Crippen molar-refractivity contribution in [1.82, 2.24) is 24.9 Å². The van der Waals surface area contributed by atoms with Crippen molar-refractivity contribution < 1.29 is 9.53 Å². The minimum atomic E-state index is -0.487. The van der Waals surface area contributed by atoms with E-state index in [1.54, 1.807) is 19.0 Å². The summed E-state index contributed by atoms with van der Waals surface area (Å²) in [5.74, 6) is 1.43. The molecule has 1 N–H and O–H groups in total. The van der Waals surface area contributed by atoms with Crippen molar-refractivity contribution in [3.8, 4) is 0 Å². The largest absolute Gasteiger partial charge is 0.444 e. The fraction of sp³-hybridized carbons (Fsp3) is 0.762. The van der Waals surface area contributed by atoms with Gasteiger partial charge in [0.15, 0.2) is 5.96 Å². The van der Waals surface area contributed by atoms with Crippen LogP contribution in [0.25, 0.3) is 0 Å². The van der Waals surface area contributed by atoms with Gasteiger partial charge in [0, 0.05) is 59.6 Å². The molecule has 1 rings (SSSR count). The molecule has 0 fully saturated rings. The quantitative estimate of drug-likeness (QED) is 0.554. The van der Waals surface area contributed by atoms with Crippen LogP contribution in [0.5, 0.6) is 0 Å². The summed E-state index contributed by atoms with van der Waals surface area (Å²) in [5.41, 5.74) is 1.83. The number of hydrogen-bond acceptors (Lipinski definition) is 4. The number of aliphatic imine (C=N–C) groups is 1. The van der Waals surface area contributed by atoms with Crippen molar-refractivity contribution in [2.45, 2.75) is 59.6 Å². The summed E-state index contributed by atoms with van der Waals surface area (Å²) >= 11 is 0. The molecule has 8 nitrogen and oxygen atoms in total. The van der Waals surface area contributed by atoms with Crippen LogP contribution in [0.1, 0.15) is 58.7 Å². The van der Waals surface area contributed by atoms with Gasteiger partial charge in [0.05, 0.1) is 5.69 Å². The number of aromatic nitrogens is 2. The minimum absolute atomic E-state index is 0.238. The van der Waals surface area contributed by atoms with E-state index in [9.17, 15) is 4.79 Å². The van der Waals surface area contributed by atoms with Gasteiger partial charge in [0.2, 0.25) is 0 Å². The van der Waals surface area contributed by atoms with Gasteiger partial charge in [-0.1, -0.05) is 20.8 Å². The summed E-state index contributed by atoms with van der Waals surface area (Å²) < 4.78 is 7.28. The van der Waals surface area contributed by atoms with Crippen LogP contribution in [0.3, 0.4) is 0 Å². The topological polar surface area (TPSA) is 75.0 Å². The Bertz CT molecular complexity index is 690. The average molecular weight is 409 g/mol. The van der Waals surface area contributed by atoms with Gasteiger partial charge in [0.1, 0.15) is 5.60 Å². The second kappa shape index (κ2) is 10.5. The van der Waals surface area contributed by atoms with Crippen molar-refractivity contribution in [1.29, 1.82) is 0 Å². The Kier molecular flexibility index (Phi) is 8.98. The van der Waals surface area contributed by atoms with E-state index >= 15 is 0 Å². The van der Waals surface area contributed by atoms with E-state index in [1.165, 1.54) is 5.56 Å². The predicted octanol–water partition coefficient (Wildman–Crippen LogP) is 3.05. The van der Waals surface area contributed by atoms with E-state index in [4.69, 9.17) is 4.74 Å². The normalized spacial score (nSPS) is 13.4. The highest BCUT2D eigenvalue weighted by molar-refractivity contribution is 5.79. The molecule has 0 radical (unpaired) electrons. The fourth-order valence-corrected chi connectivity index (χ4v) is 3.09. The molecule has 1 aromatic heterocycles. The van der Waals surface area contributed by atoms with Crippen molar-refractivity contribution >= 4 is 12.1 Å². The average Bonchev–Trinajstić information content (AvgIpc) is 2.94. The summed E-state index contributed by atoms with van der Waals surface area (Å²) in [4.78, 5) is 20.2. The second-order valence-corrected chi connectivity index (χ2v) is 9.12. The standard InChI is InChI=1S/C21H40N6O2/c1-15(2)18-17(14-27(10)24-18)13-25(8)19(22-7)23-11-16(3)12-26(9)20(28)29-21(4,5)6/h14-16H,11-13H2,1-10H3,(H,22,23). The maximum absolute atomic E-state index is 12.1. The summed E-state index contributed by atoms with van der Waals surface area (Å²) in [6, 6.07) is 0. The molecule has 0 spiro atoms. The third-order valence-corrected chi connectivity index (χ3v) is 4.36. The van der Waals surface area contributed by atoms with Gasteiger partial charge in [0.25, 0.3) is 0 Å². The van der Waals surface area contributed by atoms with Crippen LogP contribution in [-0.4, -0.2) is 71.5 Å². The zero-order valence-electron chi connectivity index (χ0n) is 19.9. The molecule has 1 heterocycles. The van der Waals surface area contributed by atoms with Crippen molar-refractivity contribution in [3.63, 3.8) is 0 Å². The molecule has 0 bridgehead atoms. The van der Waals surface area contributed by atoms with Gasteiger partial charge in [-0.3, -0.25) is 9.67 Å². The Hall–Kier alpha value is -2.25. The minimum Gasteiger partial charge on any atom is -0.444 e. The predicted molar refractivity (Wildman–Crippen MR) is 118 cm³/mol. The molecule has 0 aromatic carbocycles. The maximum Gasteiger partial charge on any atom is 0.410 e. The molecule has 0 saturated carbocycles. The smallest absolute Gasteiger partial charge is 0.410 e. The van der Waals surface area contributed by atoms with Crippen molar-refractivity contribution in [2.24, 2.45) is 18.0 Å². The molecule has 1 atom stereocenters. The lowest BCUT2D eigenvalue weighted by atomic mass is 10.1. The Morgan fingerprint density at radius 2 is 1.90 bits per heavy atom. The number of carbonyl (C=O) groups excluding carboxylic acids is 1. The summed E-state index contributed by atoms with van der Waals surface area (Å²) in [6.45, 7) is 14.1. The van der Waals surface area contributed by atoms with Crippen LogP contribution in [0, 0.1) is 5.92 Å². The second-order valence-electron chi connectivity index (χ2n) is 9.12. The molecule has 0 saturated heterocycles. The number of nitrogens with one attached hydrogen (secondary N) is 1. The van der Waals surface area contributed by atoms with Gasteiger partial charge in [-0.15, -0.1) is 0 Å². The molecule has 166 valence electrons. The SMILES string of the molecule is CN=C(NCC(C)CN(C)C(=O)OC(C)(C)C)N(C)Cc1cn(C)nc1C(C)C. The van der Waals surface area contributed by atoms with Gasteiger partial charge in [-0.25, -0.2) is 4.79 Å². The van der Waals surface area contributed by atoms with E-state index in [1.807, 2.05) is 39.5 Å². The Morgan fingerprint density at radius 1 is 1.28 bits per heavy atom. The summed E-state index contributed by atoms with van der Waals surface area (Å²) in [6.07, 6.45) is 1.76. The zero-order chi connectivity index (χ0) is 22.4. The Balaban J connectivity index is 2.60. The van der Waals surface area contributed by atoms with Crippen LogP contribution < -0.4 is 5.32 Å². The first-order valence-corrected chi connectivity index (χ1v) is 10.2. The Labute approximate surface area is 176 Å². The number of ether oxygens (including phenoxy) is 1. The molecule has 1 aromatic rings. The van der Waals surface area contributed by atoms with E-state index in [0.29, 0.717) is 19.0 Å². The first-order valence-electron chi connectivity index (χ1n) is 10.2. The van der Waals surface area contributed by atoms with E-state index in [2.05, 4.69) is 47.3 Å². The molecular weight excluding hydrogens is 368 g/mol. The van der Waals surface area contributed by atoms with Crippen LogP contribution in [0.15, 0.2) is 11.2 Å². The molecule has 1 amide bonds. The van der Waals surface area contributed by atoms with E-state index in [-0.39, 0.29) is 12.0 Å². The molecule has 8 heteroatoms. The number of amides is 1. The third kappa shape index (κ3) is 8.33. The Morgan fingerprint density at radius 3 is 2.41 bits per heavy atom. The number of aryl methyl sites for hydroxylation is 1. The van der Waals surface area contributed by atoms with Crippen molar-refractivity contribution in [2.75, 3.05) is 34.2 Å². The number of nitrogens with zero attached hydrogens (tertiary/aromatic N) is 5. The van der Waals surface area contributed by atoms with Gasteiger partial charge < -0.3 is 19.9 Å². The summed E-state index contributed by atoms with van der Waals surface area (Å²) in [7, 11) is 7.51. The first-order chi connectivity index (χ1) is 13.3. The van der Waals surface area contributed by atoms with Crippen LogP contribution in [-0.2, 0) is 18.3 Å². The van der Waals surface area contributed by atoms with Gasteiger partial charge in [-0.05, 0) is 32.6 Å². The lowest BCUT2D eigenvalue weighted by molar-refractivity contribution is 0.0277. The first kappa shape index (κ1) is 24.8. The highest BCUT2D eigenvalue weighted by Crippen LogP contribution is 2.18. The maximum atomic E-state index is 12.1. The third-order valence-electron chi connectivity index (χ3n) is 4.36. The monoisotopic (exact) mass is 408 g/mol. The van der Waals surface area contributed by atoms with E-state index < -0.39 is 5.60 Å². The fourth-order valence-electron chi connectivity index (χ4n) is 3.09. The molecule has 0 aliphatic heterocycles. The lowest BCUT2D eigenvalue weighted by Gasteiger charge is -2.27. The number of carbonyl (C=O) groups is 1. The molecule has 1 unspecified atom stereocenters. The molecule has 0 aliphatic carbocycles.